The third kappa shape index (κ3) is 1.81. The van der Waals surface area contributed by atoms with Gasteiger partial charge in [0.05, 0.1) is 0 Å². The molecule has 0 bridgehead atoms. The van der Waals surface area contributed by atoms with Crippen molar-refractivity contribution >= 4 is 5.69 Å². The van der Waals surface area contributed by atoms with Gasteiger partial charge in [-0.1, -0.05) is 0 Å². The number of hydrogen-bond donors (Lipinski definition) is 1. The van der Waals surface area contributed by atoms with Crippen molar-refractivity contribution in [2.24, 2.45) is 0 Å². The van der Waals surface area contributed by atoms with Crippen LogP contribution < -0.4 is 5.73 Å². The number of halogens is 3. The molecule has 0 saturated heterocycles. The largest absolute Gasteiger partial charge is 0.433 e. The minimum absolute atomic E-state index is 0.134. The average molecular weight is 202 g/mol. The van der Waals surface area contributed by atoms with E-state index in [1.54, 1.807) is 0 Å². The predicted octanol–water partition coefficient (Wildman–Crippen LogP) is 2.56. The molecule has 0 aromatic carbocycles. The van der Waals surface area contributed by atoms with Crippen LogP contribution in [0.2, 0.25) is 0 Å². The number of anilines is 1. The molecule has 1 aromatic rings. The Balaban J connectivity index is 2.41. The molecule has 0 radical (unpaired) electrons. The molecule has 0 atom stereocenters. The highest BCUT2D eigenvalue weighted by atomic mass is 19.4. The summed E-state index contributed by atoms with van der Waals surface area (Å²) in [6.45, 7) is 0. The lowest BCUT2D eigenvalue weighted by molar-refractivity contribution is -0.141. The number of aromatic nitrogens is 1. The maximum atomic E-state index is 12.3. The van der Waals surface area contributed by atoms with Gasteiger partial charge in [0.15, 0.2) is 0 Å². The molecule has 0 aliphatic heterocycles. The Hall–Kier alpha value is -1.26. The van der Waals surface area contributed by atoms with Crippen LogP contribution in [0.1, 0.15) is 30.1 Å². The van der Waals surface area contributed by atoms with Gasteiger partial charge in [-0.25, -0.2) is 4.98 Å². The van der Waals surface area contributed by atoms with Crippen molar-refractivity contribution in [3.63, 3.8) is 0 Å². The number of nitrogens with zero attached hydrogens (tertiary/aromatic N) is 1. The Labute approximate surface area is 78.9 Å². The van der Waals surface area contributed by atoms with Crippen LogP contribution >= 0.6 is 0 Å². The summed E-state index contributed by atoms with van der Waals surface area (Å²) in [6.07, 6.45) is -2.58. The predicted molar refractivity (Wildman–Crippen MR) is 45.6 cm³/mol. The van der Waals surface area contributed by atoms with Crippen LogP contribution in [0, 0.1) is 0 Å². The van der Waals surface area contributed by atoms with Gasteiger partial charge < -0.3 is 5.73 Å². The van der Waals surface area contributed by atoms with Gasteiger partial charge in [0.25, 0.3) is 0 Å². The summed E-state index contributed by atoms with van der Waals surface area (Å²) in [7, 11) is 0. The lowest BCUT2D eigenvalue weighted by Gasteiger charge is -2.08. The molecule has 76 valence electrons. The third-order valence-electron chi connectivity index (χ3n) is 2.15. The van der Waals surface area contributed by atoms with E-state index < -0.39 is 11.9 Å². The fourth-order valence-electron chi connectivity index (χ4n) is 1.31. The first kappa shape index (κ1) is 9.30. The van der Waals surface area contributed by atoms with Crippen LogP contribution in [0.25, 0.3) is 0 Å². The summed E-state index contributed by atoms with van der Waals surface area (Å²) in [5, 5.41) is 0. The molecular weight excluding hydrogens is 193 g/mol. The molecule has 0 unspecified atom stereocenters. The maximum Gasteiger partial charge on any atom is 0.433 e. The molecule has 1 aliphatic rings. The molecule has 1 heterocycles. The molecular formula is C9H9F3N2. The highest BCUT2D eigenvalue weighted by Gasteiger charge is 2.35. The van der Waals surface area contributed by atoms with Crippen molar-refractivity contribution in [2.45, 2.75) is 24.9 Å². The van der Waals surface area contributed by atoms with Crippen molar-refractivity contribution in [3.05, 3.63) is 23.5 Å². The van der Waals surface area contributed by atoms with Gasteiger partial charge in [0, 0.05) is 17.3 Å². The molecule has 1 aliphatic carbocycles. The second-order valence-corrected chi connectivity index (χ2v) is 3.48. The number of pyridine rings is 1. The molecule has 1 aromatic heterocycles. The molecule has 2 rings (SSSR count). The highest BCUT2D eigenvalue weighted by Crippen LogP contribution is 2.41. The van der Waals surface area contributed by atoms with Crippen LogP contribution in [0.15, 0.2) is 12.1 Å². The molecule has 1 fully saturated rings. The first-order valence-corrected chi connectivity index (χ1v) is 4.31. The molecule has 0 spiro atoms. The van der Waals surface area contributed by atoms with Gasteiger partial charge >= 0.3 is 6.18 Å². The summed E-state index contributed by atoms with van der Waals surface area (Å²) in [5.41, 5.74) is 5.10. The van der Waals surface area contributed by atoms with E-state index in [1.165, 1.54) is 6.07 Å². The summed E-state index contributed by atoms with van der Waals surface area (Å²) in [5.74, 6) is 0.180. The van der Waals surface area contributed by atoms with E-state index in [2.05, 4.69) is 4.98 Å². The van der Waals surface area contributed by atoms with E-state index in [0.717, 1.165) is 18.9 Å². The monoisotopic (exact) mass is 202 g/mol. The van der Waals surface area contributed by atoms with Crippen LogP contribution in [-0.4, -0.2) is 4.98 Å². The minimum Gasteiger partial charge on any atom is -0.399 e. The fourth-order valence-corrected chi connectivity index (χ4v) is 1.31. The third-order valence-corrected chi connectivity index (χ3v) is 2.15. The van der Waals surface area contributed by atoms with Gasteiger partial charge in [-0.3, -0.25) is 0 Å². The molecule has 1 saturated carbocycles. The zero-order valence-electron chi connectivity index (χ0n) is 7.30. The smallest absolute Gasteiger partial charge is 0.399 e. The second kappa shape index (κ2) is 2.87. The SMILES string of the molecule is Nc1cc(C2CC2)nc(C(F)(F)F)c1. The molecule has 5 heteroatoms. The van der Waals surface area contributed by atoms with E-state index in [9.17, 15) is 13.2 Å². The Kier molecular flexibility index (Phi) is 1.90. The topological polar surface area (TPSA) is 38.9 Å². The van der Waals surface area contributed by atoms with Gasteiger partial charge in [0.2, 0.25) is 0 Å². The lowest BCUT2D eigenvalue weighted by Crippen LogP contribution is -2.10. The van der Waals surface area contributed by atoms with E-state index in [0.29, 0.717) is 5.69 Å². The van der Waals surface area contributed by atoms with Crippen molar-refractivity contribution in [1.82, 2.24) is 4.98 Å². The standard InChI is InChI=1S/C9H9F3N2/c10-9(11,12)8-4-6(13)3-7(14-8)5-1-2-5/h3-5H,1-2H2,(H2,13,14). The van der Waals surface area contributed by atoms with Gasteiger partial charge in [-0.15, -0.1) is 0 Å². The number of nitrogens with two attached hydrogens (primary N) is 1. The van der Waals surface area contributed by atoms with Crippen LogP contribution in [-0.2, 0) is 6.18 Å². The highest BCUT2D eigenvalue weighted by molar-refractivity contribution is 5.42. The second-order valence-electron chi connectivity index (χ2n) is 3.48. The van der Waals surface area contributed by atoms with E-state index in [1.807, 2.05) is 0 Å². The average Bonchev–Trinajstić information content (AvgIpc) is 2.83. The van der Waals surface area contributed by atoms with Crippen LogP contribution in [0.5, 0.6) is 0 Å². The van der Waals surface area contributed by atoms with Crippen LogP contribution in [0.4, 0.5) is 18.9 Å². The Morgan fingerprint density at radius 3 is 2.43 bits per heavy atom. The molecule has 2 nitrogen and oxygen atoms in total. The van der Waals surface area contributed by atoms with Gasteiger partial charge in [-0.2, -0.15) is 13.2 Å². The first-order valence-electron chi connectivity index (χ1n) is 4.31. The molecule has 2 N–H and O–H groups in total. The number of hydrogen-bond acceptors (Lipinski definition) is 2. The number of rotatable bonds is 1. The summed E-state index contributed by atoms with van der Waals surface area (Å²) >= 11 is 0. The molecule has 0 amide bonds. The number of alkyl halides is 3. The lowest BCUT2D eigenvalue weighted by atomic mass is 10.2. The van der Waals surface area contributed by atoms with E-state index >= 15 is 0 Å². The van der Waals surface area contributed by atoms with Crippen molar-refractivity contribution in [3.8, 4) is 0 Å². The van der Waals surface area contributed by atoms with Crippen molar-refractivity contribution in [2.75, 3.05) is 5.73 Å². The maximum absolute atomic E-state index is 12.3. The number of nitrogen functional groups attached to an aromatic ring is 1. The minimum atomic E-state index is -4.40. The zero-order chi connectivity index (χ0) is 10.3. The Morgan fingerprint density at radius 1 is 1.29 bits per heavy atom. The van der Waals surface area contributed by atoms with Crippen molar-refractivity contribution in [1.29, 1.82) is 0 Å². The van der Waals surface area contributed by atoms with Gasteiger partial charge in [0.1, 0.15) is 5.69 Å². The zero-order valence-corrected chi connectivity index (χ0v) is 7.30. The van der Waals surface area contributed by atoms with Gasteiger partial charge in [-0.05, 0) is 25.0 Å². The normalized spacial score (nSPS) is 17.1. The first-order chi connectivity index (χ1) is 6.47. The summed E-state index contributed by atoms with van der Waals surface area (Å²) in [6, 6.07) is 2.39. The Morgan fingerprint density at radius 2 is 1.93 bits per heavy atom. The molecule has 14 heavy (non-hydrogen) atoms. The summed E-state index contributed by atoms with van der Waals surface area (Å²) < 4.78 is 36.9. The van der Waals surface area contributed by atoms with Crippen LogP contribution in [0.3, 0.4) is 0 Å². The fraction of sp³-hybridized carbons (Fsp3) is 0.444. The Bertz CT molecular complexity index is 356. The van der Waals surface area contributed by atoms with E-state index in [4.69, 9.17) is 5.73 Å². The quantitative estimate of drug-likeness (QED) is 0.760. The summed E-state index contributed by atoms with van der Waals surface area (Å²) in [4.78, 5) is 3.56. The van der Waals surface area contributed by atoms with E-state index in [-0.39, 0.29) is 11.6 Å². The van der Waals surface area contributed by atoms with Crippen molar-refractivity contribution < 1.29 is 13.2 Å².